The van der Waals surface area contributed by atoms with E-state index in [1.165, 1.54) is 0 Å². The van der Waals surface area contributed by atoms with E-state index in [1.807, 2.05) is 59.4 Å². The molecule has 1 aromatic carbocycles. The number of para-hydroxylation sites is 1. The van der Waals surface area contributed by atoms with Crippen molar-refractivity contribution in [3.8, 4) is 18.0 Å². The van der Waals surface area contributed by atoms with Crippen molar-refractivity contribution < 1.29 is 4.57 Å². The van der Waals surface area contributed by atoms with Gasteiger partial charge in [0.1, 0.15) is 0 Å². The monoisotopic (exact) mass is 180 g/mol. The van der Waals surface area contributed by atoms with E-state index in [9.17, 15) is 0 Å². The van der Waals surface area contributed by atoms with Crippen LogP contribution in [0.3, 0.4) is 0 Å². The first-order chi connectivity index (χ1) is 6.92. The Morgan fingerprint density at radius 1 is 0.929 bits per heavy atom. The number of hydrogen-bond donors (Lipinski definition) is 0. The standard InChI is InChI=1S/C13H10N/c1-2-12-8-4-5-9-13(12)14-10-6-3-7-11-14/h1,3-11H/q+1. The lowest BCUT2D eigenvalue weighted by Gasteiger charge is -1.97. The minimum absolute atomic E-state index is 0.906. The van der Waals surface area contributed by atoms with Gasteiger partial charge in [-0.3, -0.25) is 0 Å². The molecule has 1 aromatic heterocycles. The van der Waals surface area contributed by atoms with Gasteiger partial charge in [-0.05, 0) is 6.07 Å². The number of hydrogen-bond acceptors (Lipinski definition) is 0. The summed E-state index contributed by atoms with van der Waals surface area (Å²) < 4.78 is 2.01. The molecule has 0 amide bonds. The Labute approximate surface area is 83.6 Å². The van der Waals surface area contributed by atoms with Gasteiger partial charge in [0.05, 0.1) is 5.56 Å². The minimum Gasteiger partial charge on any atom is -0.166 e. The zero-order chi connectivity index (χ0) is 9.80. The highest BCUT2D eigenvalue weighted by Gasteiger charge is 2.07. The average molecular weight is 180 g/mol. The molecule has 1 heteroatoms. The van der Waals surface area contributed by atoms with E-state index in [4.69, 9.17) is 6.42 Å². The first-order valence-electron chi connectivity index (χ1n) is 4.44. The largest absolute Gasteiger partial charge is 0.226 e. The van der Waals surface area contributed by atoms with Gasteiger partial charge in [0.25, 0.3) is 0 Å². The smallest absolute Gasteiger partial charge is 0.166 e. The maximum Gasteiger partial charge on any atom is 0.226 e. The summed E-state index contributed by atoms with van der Waals surface area (Å²) in [4.78, 5) is 0. The number of pyridine rings is 1. The van der Waals surface area contributed by atoms with E-state index < -0.39 is 0 Å². The number of rotatable bonds is 1. The zero-order valence-corrected chi connectivity index (χ0v) is 7.72. The maximum atomic E-state index is 5.42. The van der Waals surface area contributed by atoms with Crippen molar-refractivity contribution in [1.29, 1.82) is 0 Å². The predicted octanol–water partition coefficient (Wildman–Crippen LogP) is 1.94. The number of terminal acetylenes is 1. The van der Waals surface area contributed by atoms with Crippen LogP contribution in [0.5, 0.6) is 0 Å². The summed E-state index contributed by atoms with van der Waals surface area (Å²) in [5.74, 6) is 2.67. The summed E-state index contributed by atoms with van der Waals surface area (Å²) in [5.41, 5.74) is 1.94. The van der Waals surface area contributed by atoms with Crippen LogP contribution >= 0.6 is 0 Å². The van der Waals surface area contributed by atoms with Crippen molar-refractivity contribution in [3.63, 3.8) is 0 Å². The van der Waals surface area contributed by atoms with Crippen molar-refractivity contribution in [3.05, 3.63) is 60.4 Å². The lowest BCUT2D eigenvalue weighted by Crippen LogP contribution is -2.29. The molecule has 1 nitrogen and oxygen atoms in total. The molecule has 0 saturated carbocycles. The van der Waals surface area contributed by atoms with Crippen LogP contribution in [0, 0.1) is 12.3 Å². The Morgan fingerprint density at radius 3 is 2.36 bits per heavy atom. The summed E-state index contributed by atoms with van der Waals surface area (Å²) in [5, 5.41) is 0. The van der Waals surface area contributed by atoms with E-state index >= 15 is 0 Å². The summed E-state index contributed by atoms with van der Waals surface area (Å²) in [7, 11) is 0. The molecular formula is C13H10N+. The molecule has 66 valence electrons. The SMILES string of the molecule is C#Cc1ccccc1-[n+]1ccccc1. The van der Waals surface area contributed by atoms with E-state index in [-0.39, 0.29) is 0 Å². The van der Waals surface area contributed by atoms with Gasteiger partial charge in [-0.15, -0.1) is 6.42 Å². The van der Waals surface area contributed by atoms with Crippen molar-refractivity contribution in [2.24, 2.45) is 0 Å². The van der Waals surface area contributed by atoms with E-state index in [0.717, 1.165) is 11.3 Å². The van der Waals surface area contributed by atoms with Crippen molar-refractivity contribution in [2.75, 3.05) is 0 Å². The van der Waals surface area contributed by atoms with Crippen LogP contribution in [-0.4, -0.2) is 0 Å². The van der Waals surface area contributed by atoms with Crippen LogP contribution in [0.4, 0.5) is 0 Å². The molecule has 0 aliphatic heterocycles. The fraction of sp³-hybridized carbons (Fsp3) is 0. The van der Waals surface area contributed by atoms with Crippen LogP contribution in [0.25, 0.3) is 5.69 Å². The van der Waals surface area contributed by atoms with E-state index in [1.54, 1.807) is 0 Å². The molecule has 0 fully saturated rings. The molecule has 0 aliphatic rings. The van der Waals surface area contributed by atoms with Crippen LogP contribution in [0.2, 0.25) is 0 Å². The van der Waals surface area contributed by atoms with Crippen LogP contribution < -0.4 is 4.57 Å². The fourth-order valence-corrected chi connectivity index (χ4v) is 1.38. The molecule has 0 bridgehead atoms. The summed E-state index contributed by atoms with van der Waals surface area (Å²) >= 11 is 0. The third-order valence-electron chi connectivity index (χ3n) is 2.05. The topological polar surface area (TPSA) is 3.88 Å². The second-order valence-corrected chi connectivity index (χ2v) is 2.94. The molecule has 0 spiro atoms. The third kappa shape index (κ3) is 1.51. The fourth-order valence-electron chi connectivity index (χ4n) is 1.38. The number of aromatic nitrogens is 1. The molecule has 2 aromatic rings. The lowest BCUT2D eigenvalue weighted by molar-refractivity contribution is -0.595. The van der Waals surface area contributed by atoms with Gasteiger partial charge >= 0.3 is 0 Å². The van der Waals surface area contributed by atoms with Gasteiger partial charge in [-0.2, -0.15) is 4.57 Å². The zero-order valence-electron chi connectivity index (χ0n) is 7.72. The highest BCUT2D eigenvalue weighted by Crippen LogP contribution is 2.05. The van der Waals surface area contributed by atoms with E-state index in [2.05, 4.69) is 5.92 Å². The van der Waals surface area contributed by atoms with Gasteiger partial charge in [0.15, 0.2) is 12.4 Å². The maximum absolute atomic E-state index is 5.42. The molecule has 0 atom stereocenters. The highest BCUT2D eigenvalue weighted by molar-refractivity contribution is 5.44. The molecule has 0 aliphatic carbocycles. The Kier molecular flexibility index (Phi) is 2.29. The Bertz CT molecular complexity index is 466. The van der Waals surface area contributed by atoms with Crippen LogP contribution in [0.1, 0.15) is 5.56 Å². The second kappa shape index (κ2) is 3.76. The van der Waals surface area contributed by atoms with Gasteiger partial charge < -0.3 is 0 Å². The predicted molar refractivity (Wildman–Crippen MR) is 55.9 cm³/mol. The van der Waals surface area contributed by atoms with Gasteiger partial charge in [0, 0.05) is 18.2 Å². The van der Waals surface area contributed by atoms with Gasteiger partial charge in [0.2, 0.25) is 5.69 Å². The summed E-state index contributed by atoms with van der Waals surface area (Å²) in [6, 6.07) is 13.8. The quantitative estimate of drug-likeness (QED) is 0.466. The summed E-state index contributed by atoms with van der Waals surface area (Å²) in [6.07, 6.45) is 9.39. The van der Waals surface area contributed by atoms with Crippen LogP contribution in [-0.2, 0) is 0 Å². The molecule has 0 unspecified atom stereocenters. The first kappa shape index (κ1) is 8.52. The van der Waals surface area contributed by atoms with Crippen LogP contribution in [0.15, 0.2) is 54.9 Å². The minimum atomic E-state index is 0.906. The normalized spacial score (nSPS) is 9.36. The highest BCUT2D eigenvalue weighted by atomic mass is 14.9. The molecular weight excluding hydrogens is 170 g/mol. The van der Waals surface area contributed by atoms with Crippen molar-refractivity contribution >= 4 is 0 Å². The number of nitrogens with zero attached hydrogens (tertiary/aromatic N) is 1. The average Bonchev–Trinajstić information content (AvgIpc) is 2.30. The molecule has 0 N–H and O–H groups in total. The number of benzene rings is 1. The molecule has 1 heterocycles. The summed E-state index contributed by atoms with van der Waals surface area (Å²) in [6.45, 7) is 0. The Morgan fingerprint density at radius 2 is 1.64 bits per heavy atom. The molecule has 0 radical (unpaired) electrons. The Hall–Kier alpha value is -2.07. The van der Waals surface area contributed by atoms with Gasteiger partial charge in [-0.1, -0.05) is 24.1 Å². The van der Waals surface area contributed by atoms with Crippen molar-refractivity contribution in [1.82, 2.24) is 0 Å². The van der Waals surface area contributed by atoms with E-state index in [0.29, 0.717) is 0 Å². The molecule has 2 rings (SSSR count). The second-order valence-electron chi connectivity index (χ2n) is 2.94. The third-order valence-corrected chi connectivity index (χ3v) is 2.05. The lowest BCUT2D eigenvalue weighted by atomic mass is 10.2. The van der Waals surface area contributed by atoms with Gasteiger partial charge in [-0.25, -0.2) is 0 Å². The molecule has 0 saturated heterocycles. The van der Waals surface area contributed by atoms with Crippen molar-refractivity contribution in [2.45, 2.75) is 0 Å². The molecule has 14 heavy (non-hydrogen) atoms. The first-order valence-corrected chi connectivity index (χ1v) is 4.44. The Balaban J connectivity index is 2.58.